The molecule has 3 heteroatoms. The maximum absolute atomic E-state index is 6.03. The van der Waals surface area contributed by atoms with Crippen LogP contribution >= 0.6 is 0 Å². The molecule has 1 saturated heterocycles. The number of hydrogen-bond donors (Lipinski definition) is 2. The molecule has 3 N–H and O–H groups in total. The lowest BCUT2D eigenvalue weighted by Gasteiger charge is -2.26. The van der Waals surface area contributed by atoms with E-state index in [1.165, 1.54) is 32.4 Å². The summed E-state index contributed by atoms with van der Waals surface area (Å²) in [5.74, 6) is 0. The number of nitrogen functional groups attached to an aromatic ring is 1. The molecular formula is C14H23N3. The molecule has 0 atom stereocenters. The van der Waals surface area contributed by atoms with E-state index in [1.54, 1.807) is 0 Å². The standard InChI is InChI=1S/C14H23N3/c1-12-6-5-7-13(14(12)15)16-8-11-17-9-3-2-4-10-17/h5-7,16H,2-4,8-11,15H2,1H3. The van der Waals surface area contributed by atoms with Crippen LogP contribution < -0.4 is 11.1 Å². The summed E-state index contributed by atoms with van der Waals surface area (Å²) in [5, 5.41) is 3.43. The summed E-state index contributed by atoms with van der Waals surface area (Å²) in [6.07, 6.45) is 4.11. The quantitative estimate of drug-likeness (QED) is 0.785. The molecule has 0 bridgehead atoms. The van der Waals surface area contributed by atoms with Crippen LogP contribution in [0.4, 0.5) is 11.4 Å². The molecule has 1 heterocycles. The fourth-order valence-corrected chi connectivity index (χ4v) is 2.37. The number of nitrogens with zero attached hydrogens (tertiary/aromatic N) is 1. The maximum Gasteiger partial charge on any atom is 0.0579 e. The van der Waals surface area contributed by atoms with Gasteiger partial charge in [0.05, 0.1) is 11.4 Å². The van der Waals surface area contributed by atoms with E-state index in [-0.39, 0.29) is 0 Å². The summed E-state index contributed by atoms with van der Waals surface area (Å²) in [6, 6.07) is 6.15. The van der Waals surface area contributed by atoms with E-state index in [0.29, 0.717) is 0 Å². The van der Waals surface area contributed by atoms with Crippen LogP contribution in [0, 0.1) is 6.92 Å². The minimum absolute atomic E-state index is 0.881. The summed E-state index contributed by atoms with van der Waals surface area (Å²) in [7, 11) is 0. The van der Waals surface area contributed by atoms with Crippen molar-refractivity contribution in [2.24, 2.45) is 0 Å². The number of rotatable bonds is 4. The Morgan fingerprint density at radius 1 is 1.24 bits per heavy atom. The lowest BCUT2D eigenvalue weighted by molar-refractivity contribution is 0.237. The first-order valence-corrected chi connectivity index (χ1v) is 6.58. The SMILES string of the molecule is Cc1cccc(NCCN2CCCCC2)c1N. The predicted octanol–water partition coefficient (Wildman–Crippen LogP) is 2.48. The van der Waals surface area contributed by atoms with Gasteiger partial charge in [0.15, 0.2) is 0 Å². The lowest BCUT2D eigenvalue weighted by atomic mass is 10.1. The van der Waals surface area contributed by atoms with Gasteiger partial charge >= 0.3 is 0 Å². The highest BCUT2D eigenvalue weighted by Crippen LogP contribution is 2.21. The molecule has 0 radical (unpaired) electrons. The zero-order chi connectivity index (χ0) is 12.1. The van der Waals surface area contributed by atoms with E-state index in [1.807, 2.05) is 13.0 Å². The van der Waals surface area contributed by atoms with Gasteiger partial charge in [-0.3, -0.25) is 0 Å². The van der Waals surface area contributed by atoms with Crippen molar-refractivity contribution < 1.29 is 0 Å². The Morgan fingerprint density at radius 3 is 2.76 bits per heavy atom. The van der Waals surface area contributed by atoms with Crippen LogP contribution in [0.1, 0.15) is 24.8 Å². The van der Waals surface area contributed by atoms with Crippen molar-refractivity contribution in [3.63, 3.8) is 0 Å². The molecular weight excluding hydrogens is 210 g/mol. The van der Waals surface area contributed by atoms with Gasteiger partial charge in [0, 0.05) is 13.1 Å². The summed E-state index contributed by atoms with van der Waals surface area (Å²) in [6.45, 7) is 6.65. The van der Waals surface area contributed by atoms with E-state index >= 15 is 0 Å². The molecule has 0 amide bonds. The van der Waals surface area contributed by atoms with Gasteiger partial charge in [-0.2, -0.15) is 0 Å². The molecule has 0 aromatic heterocycles. The molecule has 0 aliphatic carbocycles. The minimum atomic E-state index is 0.881. The van der Waals surface area contributed by atoms with E-state index in [9.17, 15) is 0 Å². The molecule has 0 spiro atoms. The maximum atomic E-state index is 6.03. The smallest absolute Gasteiger partial charge is 0.0579 e. The second-order valence-corrected chi connectivity index (χ2v) is 4.87. The zero-order valence-corrected chi connectivity index (χ0v) is 10.7. The molecule has 1 aromatic rings. The van der Waals surface area contributed by atoms with Crippen molar-refractivity contribution in [1.82, 2.24) is 4.90 Å². The first kappa shape index (κ1) is 12.2. The molecule has 0 saturated carbocycles. The van der Waals surface area contributed by atoms with Crippen molar-refractivity contribution in [3.05, 3.63) is 23.8 Å². The van der Waals surface area contributed by atoms with Gasteiger partial charge < -0.3 is 16.0 Å². The van der Waals surface area contributed by atoms with Crippen molar-refractivity contribution in [3.8, 4) is 0 Å². The normalized spacial score (nSPS) is 17.0. The molecule has 3 nitrogen and oxygen atoms in total. The van der Waals surface area contributed by atoms with E-state index in [2.05, 4.69) is 22.3 Å². The number of nitrogens with one attached hydrogen (secondary N) is 1. The molecule has 2 rings (SSSR count). The summed E-state index contributed by atoms with van der Waals surface area (Å²) < 4.78 is 0. The van der Waals surface area contributed by atoms with E-state index < -0.39 is 0 Å². The average molecular weight is 233 g/mol. The highest BCUT2D eigenvalue weighted by molar-refractivity contribution is 5.69. The van der Waals surface area contributed by atoms with Crippen LogP contribution in [0.5, 0.6) is 0 Å². The Kier molecular flexibility index (Phi) is 4.26. The second kappa shape index (κ2) is 5.92. The Labute approximate surface area is 104 Å². The third-order valence-electron chi connectivity index (χ3n) is 3.52. The average Bonchev–Trinajstić information content (AvgIpc) is 2.36. The summed E-state index contributed by atoms with van der Waals surface area (Å²) in [5.41, 5.74) is 9.12. The fourth-order valence-electron chi connectivity index (χ4n) is 2.37. The number of para-hydroxylation sites is 1. The number of nitrogens with two attached hydrogens (primary N) is 1. The molecule has 0 unspecified atom stereocenters. The molecule has 1 aliphatic rings. The molecule has 94 valence electrons. The van der Waals surface area contributed by atoms with Gasteiger partial charge in [0.1, 0.15) is 0 Å². The second-order valence-electron chi connectivity index (χ2n) is 4.87. The molecule has 1 aliphatic heterocycles. The van der Waals surface area contributed by atoms with Gasteiger partial charge in [-0.25, -0.2) is 0 Å². The van der Waals surface area contributed by atoms with Gasteiger partial charge in [-0.15, -0.1) is 0 Å². The Hall–Kier alpha value is -1.22. The number of hydrogen-bond acceptors (Lipinski definition) is 3. The van der Waals surface area contributed by atoms with Crippen LogP contribution in [0.25, 0.3) is 0 Å². The van der Waals surface area contributed by atoms with Crippen LogP contribution in [0.3, 0.4) is 0 Å². The third-order valence-corrected chi connectivity index (χ3v) is 3.52. The Balaban J connectivity index is 1.79. The number of anilines is 2. The summed E-state index contributed by atoms with van der Waals surface area (Å²) >= 11 is 0. The molecule has 1 aromatic carbocycles. The number of benzene rings is 1. The van der Waals surface area contributed by atoms with Crippen LogP contribution in [0.15, 0.2) is 18.2 Å². The van der Waals surface area contributed by atoms with Gasteiger partial charge in [-0.1, -0.05) is 18.6 Å². The Morgan fingerprint density at radius 2 is 2.00 bits per heavy atom. The third kappa shape index (κ3) is 3.37. The fraction of sp³-hybridized carbons (Fsp3) is 0.571. The van der Waals surface area contributed by atoms with Gasteiger partial charge in [0.2, 0.25) is 0 Å². The van der Waals surface area contributed by atoms with Crippen molar-refractivity contribution in [2.75, 3.05) is 37.2 Å². The van der Waals surface area contributed by atoms with Crippen LogP contribution in [-0.2, 0) is 0 Å². The van der Waals surface area contributed by atoms with Crippen molar-refractivity contribution in [2.45, 2.75) is 26.2 Å². The summed E-state index contributed by atoms with van der Waals surface area (Å²) in [4.78, 5) is 2.53. The van der Waals surface area contributed by atoms with Crippen LogP contribution in [-0.4, -0.2) is 31.1 Å². The van der Waals surface area contributed by atoms with Gasteiger partial charge in [-0.05, 0) is 44.5 Å². The van der Waals surface area contributed by atoms with Crippen molar-refractivity contribution >= 4 is 11.4 Å². The number of aryl methyl sites for hydroxylation is 1. The zero-order valence-electron chi connectivity index (χ0n) is 10.7. The lowest BCUT2D eigenvalue weighted by Crippen LogP contribution is -2.33. The minimum Gasteiger partial charge on any atom is -0.397 e. The van der Waals surface area contributed by atoms with E-state index in [0.717, 1.165) is 30.0 Å². The molecule has 1 fully saturated rings. The van der Waals surface area contributed by atoms with Gasteiger partial charge in [0.25, 0.3) is 0 Å². The highest BCUT2D eigenvalue weighted by atomic mass is 15.1. The number of likely N-dealkylation sites (tertiary alicyclic amines) is 1. The molecule has 17 heavy (non-hydrogen) atoms. The largest absolute Gasteiger partial charge is 0.397 e. The predicted molar refractivity (Wildman–Crippen MR) is 74.4 cm³/mol. The van der Waals surface area contributed by atoms with Crippen LogP contribution in [0.2, 0.25) is 0 Å². The highest BCUT2D eigenvalue weighted by Gasteiger charge is 2.09. The monoisotopic (exact) mass is 233 g/mol. The first-order valence-electron chi connectivity index (χ1n) is 6.58. The topological polar surface area (TPSA) is 41.3 Å². The number of piperidine rings is 1. The Bertz CT molecular complexity index is 356. The van der Waals surface area contributed by atoms with E-state index in [4.69, 9.17) is 5.73 Å². The van der Waals surface area contributed by atoms with Crippen molar-refractivity contribution in [1.29, 1.82) is 0 Å². The first-order chi connectivity index (χ1) is 8.27.